The van der Waals surface area contributed by atoms with E-state index in [2.05, 4.69) is 4.52 Å². The molecule has 1 aliphatic heterocycles. The Morgan fingerprint density at radius 2 is 1.88 bits per heavy atom. The van der Waals surface area contributed by atoms with E-state index < -0.39 is 67.0 Å². The van der Waals surface area contributed by atoms with Crippen molar-refractivity contribution in [2.24, 2.45) is 0 Å². The summed E-state index contributed by atoms with van der Waals surface area (Å²) in [5.41, 5.74) is -1.61. The molecule has 16 heteroatoms. The SMILES string of the molecule is O=c1ccn([C@@H]2O[C@H](COP(=O)(O)SP(=O)(O)O)[C@@H](O)[C@H]2O)c(=O)[nH]1. The van der Waals surface area contributed by atoms with Crippen LogP contribution in [0.4, 0.5) is 0 Å². The zero-order valence-corrected chi connectivity index (χ0v) is 14.7. The highest BCUT2D eigenvalue weighted by Gasteiger charge is 2.45. The summed E-state index contributed by atoms with van der Waals surface area (Å²) in [4.78, 5) is 51.3. The Kier molecular flexibility index (Phi) is 6.11. The van der Waals surface area contributed by atoms with E-state index in [0.717, 1.165) is 16.8 Å². The molecule has 1 aliphatic rings. The molecule has 0 bridgehead atoms. The molecule has 1 unspecified atom stereocenters. The molecule has 1 fully saturated rings. The first-order valence-electron chi connectivity index (χ1n) is 6.47. The number of aromatic amines is 1. The van der Waals surface area contributed by atoms with E-state index in [1.54, 1.807) is 0 Å². The third-order valence-electron chi connectivity index (χ3n) is 3.07. The number of H-pyrrole nitrogens is 1. The molecule has 1 saturated heterocycles. The Morgan fingerprint density at radius 3 is 2.44 bits per heavy atom. The van der Waals surface area contributed by atoms with Crippen molar-refractivity contribution in [1.82, 2.24) is 9.55 Å². The maximum absolute atomic E-state index is 11.7. The number of aliphatic hydroxyl groups excluding tert-OH is 2. The Morgan fingerprint density at radius 1 is 1.24 bits per heavy atom. The summed E-state index contributed by atoms with van der Waals surface area (Å²) in [6, 6.07) is 0.978. The second-order valence-electron chi connectivity index (χ2n) is 4.90. The summed E-state index contributed by atoms with van der Waals surface area (Å²) in [7, 11) is 0. The Balaban J connectivity index is 2.09. The molecule has 2 heterocycles. The summed E-state index contributed by atoms with van der Waals surface area (Å²) >= 11 is -0.593. The highest BCUT2D eigenvalue weighted by molar-refractivity contribution is 8.84. The molecule has 0 aliphatic carbocycles. The van der Waals surface area contributed by atoms with Gasteiger partial charge in [-0.2, -0.15) is 0 Å². The van der Waals surface area contributed by atoms with Gasteiger partial charge in [-0.05, 0) is 0 Å². The molecule has 6 N–H and O–H groups in total. The lowest BCUT2D eigenvalue weighted by atomic mass is 10.1. The van der Waals surface area contributed by atoms with Gasteiger partial charge in [-0.1, -0.05) is 0 Å². The van der Waals surface area contributed by atoms with Crippen LogP contribution >= 0.6 is 24.6 Å². The van der Waals surface area contributed by atoms with Gasteiger partial charge in [0.25, 0.3) is 5.56 Å². The lowest BCUT2D eigenvalue weighted by molar-refractivity contribution is -0.0520. The van der Waals surface area contributed by atoms with Crippen molar-refractivity contribution < 1.29 is 43.3 Å². The highest BCUT2D eigenvalue weighted by atomic mass is 33.1. The lowest BCUT2D eigenvalue weighted by Gasteiger charge is -2.17. The second kappa shape index (κ2) is 7.45. The van der Waals surface area contributed by atoms with Crippen molar-refractivity contribution in [3.05, 3.63) is 33.1 Å². The largest absolute Gasteiger partial charge is 0.397 e. The summed E-state index contributed by atoms with van der Waals surface area (Å²) in [6.07, 6.45) is -5.04. The second-order valence-corrected chi connectivity index (χ2v) is 12.0. The van der Waals surface area contributed by atoms with Crippen LogP contribution in [-0.2, 0) is 18.4 Å². The van der Waals surface area contributed by atoms with Gasteiger partial charge in [0.1, 0.15) is 18.3 Å². The van der Waals surface area contributed by atoms with Crippen LogP contribution in [0.2, 0.25) is 0 Å². The molecule has 0 saturated carbocycles. The van der Waals surface area contributed by atoms with Crippen LogP contribution < -0.4 is 11.2 Å². The van der Waals surface area contributed by atoms with Crippen molar-refractivity contribution in [3.63, 3.8) is 0 Å². The average molecular weight is 420 g/mol. The molecule has 1 aromatic rings. The quantitative estimate of drug-likeness (QED) is 0.279. The summed E-state index contributed by atoms with van der Waals surface area (Å²) in [6.45, 7) is -10.5. The van der Waals surface area contributed by atoms with Gasteiger partial charge in [-0.3, -0.25) is 18.9 Å². The van der Waals surface area contributed by atoms with E-state index >= 15 is 0 Å². The number of rotatable bonds is 6. The molecule has 2 rings (SSSR count). The van der Waals surface area contributed by atoms with Crippen molar-refractivity contribution in [2.45, 2.75) is 24.5 Å². The number of nitrogens with zero attached hydrogens (tertiary/aromatic N) is 1. The molecule has 0 amide bonds. The maximum atomic E-state index is 11.7. The van der Waals surface area contributed by atoms with Crippen LogP contribution in [0.15, 0.2) is 21.9 Å². The van der Waals surface area contributed by atoms with Gasteiger partial charge in [0, 0.05) is 12.3 Å². The number of nitrogens with one attached hydrogen (secondary N) is 1. The van der Waals surface area contributed by atoms with E-state index in [-0.39, 0.29) is 0 Å². The minimum atomic E-state index is -4.90. The average Bonchev–Trinajstić information content (AvgIpc) is 2.71. The number of hydrogen-bond donors (Lipinski definition) is 6. The number of aromatic nitrogens is 2. The third kappa shape index (κ3) is 5.34. The van der Waals surface area contributed by atoms with Gasteiger partial charge in [-0.25, -0.2) is 13.9 Å². The highest BCUT2D eigenvalue weighted by Crippen LogP contribution is 2.72. The Hall–Kier alpha value is -0.790. The van der Waals surface area contributed by atoms with Crippen LogP contribution in [-0.4, -0.2) is 59.4 Å². The van der Waals surface area contributed by atoms with Gasteiger partial charge >= 0.3 is 19.3 Å². The number of aliphatic hydroxyl groups is 2. The summed E-state index contributed by atoms with van der Waals surface area (Å²) < 4.78 is 32.7. The van der Waals surface area contributed by atoms with E-state index in [9.17, 15) is 33.8 Å². The summed E-state index contributed by atoms with van der Waals surface area (Å²) in [5.74, 6) is 0. The van der Waals surface area contributed by atoms with Gasteiger partial charge in [-0.15, -0.1) is 0 Å². The maximum Gasteiger partial charge on any atom is 0.397 e. The molecule has 0 aromatic carbocycles. The lowest BCUT2D eigenvalue weighted by Crippen LogP contribution is -2.37. The smallest absolute Gasteiger partial charge is 0.387 e. The first-order chi connectivity index (χ1) is 11.4. The van der Waals surface area contributed by atoms with E-state index in [4.69, 9.17) is 14.5 Å². The van der Waals surface area contributed by atoms with Crippen LogP contribution in [0.1, 0.15) is 6.23 Å². The van der Waals surface area contributed by atoms with Crippen LogP contribution in [0.25, 0.3) is 0 Å². The van der Waals surface area contributed by atoms with Gasteiger partial charge in [0.15, 0.2) is 6.23 Å². The van der Waals surface area contributed by atoms with Gasteiger partial charge < -0.3 is 29.6 Å². The molecule has 0 radical (unpaired) electrons. The Bertz CT molecular complexity index is 833. The third-order valence-corrected chi connectivity index (χ3v) is 9.31. The first kappa shape index (κ1) is 20.5. The van der Waals surface area contributed by atoms with Gasteiger partial charge in [0.2, 0.25) is 0 Å². The van der Waals surface area contributed by atoms with Crippen molar-refractivity contribution in [1.29, 1.82) is 0 Å². The van der Waals surface area contributed by atoms with Crippen molar-refractivity contribution in [3.8, 4) is 0 Å². The van der Waals surface area contributed by atoms with Crippen LogP contribution in [0, 0.1) is 0 Å². The fourth-order valence-corrected chi connectivity index (χ4v) is 6.68. The monoisotopic (exact) mass is 420 g/mol. The minimum Gasteiger partial charge on any atom is -0.387 e. The molecular formula is C9H14N2O11P2S. The molecule has 25 heavy (non-hydrogen) atoms. The van der Waals surface area contributed by atoms with Crippen LogP contribution in [0.5, 0.6) is 0 Å². The first-order valence-corrected chi connectivity index (χ1v) is 11.7. The van der Waals surface area contributed by atoms with Gasteiger partial charge in [0.05, 0.1) is 17.6 Å². The summed E-state index contributed by atoms with van der Waals surface area (Å²) in [5, 5.41) is 19.8. The molecule has 13 nitrogen and oxygen atoms in total. The zero-order valence-electron chi connectivity index (χ0n) is 12.1. The fraction of sp³-hybridized carbons (Fsp3) is 0.556. The standard InChI is InChI=1S/C9H14N2O11P2S/c12-5-1-2-11(9(15)10-5)8-7(14)6(13)4(22-8)3-21-24(19,20)25-23(16,17)18/h1-2,4,6-8,13-14H,3H2,(H,19,20)(H,10,12,15)(H2,16,17,18)/t4-,6-,7-,8-/m1/s1. The predicted octanol–water partition coefficient (Wildman–Crippen LogP) is -1.90. The Labute approximate surface area is 142 Å². The fourth-order valence-electron chi connectivity index (χ4n) is 2.05. The van der Waals surface area contributed by atoms with E-state index in [1.165, 1.54) is 0 Å². The molecule has 0 spiro atoms. The zero-order chi connectivity index (χ0) is 19.0. The normalized spacial score (nSPS) is 29.5. The molecular weight excluding hydrogens is 406 g/mol. The molecule has 1 aromatic heterocycles. The van der Waals surface area contributed by atoms with E-state index in [1.807, 2.05) is 4.98 Å². The predicted molar refractivity (Wildman–Crippen MR) is 82.7 cm³/mol. The number of hydrogen-bond acceptors (Lipinski definition) is 9. The van der Waals surface area contributed by atoms with Crippen LogP contribution in [0.3, 0.4) is 0 Å². The number of ether oxygens (including phenoxy) is 1. The molecule has 5 atom stereocenters. The molecule has 142 valence electrons. The van der Waals surface area contributed by atoms with E-state index in [0.29, 0.717) is 0 Å². The van der Waals surface area contributed by atoms with Crippen molar-refractivity contribution >= 4 is 24.6 Å². The van der Waals surface area contributed by atoms with Crippen molar-refractivity contribution in [2.75, 3.05) is 6.61 Å². The topological polar surface area (TPSA) is 209 Å². The minimum absolute atomic E-state index is 0.593.